The van der Waals surface area contributed by atoms with E-state index in [2.05, 4.69) is 27.1 Å². The maximum atomic E-state index is 12.4. The lowest BCUT2D eigenvalue weighted by Crippen LogP contribution is -2.21. The van der Waals surface area contributed by atoms with Gasteiger partial charge in [0.2, 0.25) is 0 Å². The summed E-state index contributed by atoms with van der Waals surface area (Å²) in [6, 6.07) is 5.51. The monoisotopic (exact) mass is 423 g/mol. The number of H-pyrrole nitrogens is 1. The Hall–Kier alpha value is -2.80. The van der Waals surface area contributed by atoms with Gasteiger partial charge in [-0.2, -0.15) is 0 Å². The number of thioether (sulfide) groups is 1. The Balaban J connectivity index is 1.45. The number of aryl methyl sites for hydroxylation is 1. The number of esters is 1. The molecule has 30 heavy (non-hydrogen) atoms. The minimum Gasteiger partial charge on any atom is -0.496 e. The van der Waals surface area contributed by atoms with E-state index in [0.717, 1.165) is 58.0 Å². The van der Waals surface area contributed by atoms with Gasteiger partial charge < -0.3 is 14.5 Å². The van der Waals surface area contributed by atoms with Crippen molar-refractivity contribution in [3.8, 4) is 11.5 Å². The topological polar surface area (TPSA) is 77.1 Å². The molecule has 0 radical (unpaired) electrons. The number of imidazole rings is 1. The highest BCUT2D eigenvalue weighted by Gasteiger charge is 2.21. The van der Waals surface area contributed by atoms with E-state index in [1.807, 2.05) is 38.2 Å². The van der Waals surface area contributed by atoms with Crippen molar-refractivity contribution < 1.29 is 14.3 Å². The van der Waals surface area contributed by atoms with Crippen LogP contribution in [0.15, 0.2) is 41.7 Å². The third kappa shape index (κ3) is 4.36. The smallest absolute Gasteiger partial charge is 0.314 e. The second-order valence-corrected chi connectivity index (χ2v) is 8.42. The molecule has 0 saturated carbocycles. The van der Waals surface area contributed by atoms with E-state index in [4.69, 9.17) is 9.47 Å². The fourth-order valence-corrected chi connectivity index (χ4v) is 4.56. The molecule has 0 fully saturated rings. The molecular formula is C23H25N3O3S. The van der Waals surface area contributed by atoms with Crippen LogP contribution in [0.1, 0.15) is 36.1 Å². The largest absolute Gasteiger partial charge is 0.496 e. The first-order valence-electron chi connectivity index (χ1n) is 10.0. The van der Waals surface area contributed by atoms with Crippen LogP contribution in [-0.4, -0.2) is 28.0 Å². The summed E-state index contributed by atoms with van der Waals surface area (Å²) in [7, 11) is 1.68. The van der Waals surface area contributed by atoms with Gasteiger partial charge >= 0.3 is 5.97 Å². The Kier molecular flexibility index (Phi) is 6.08. The number of allylic oxidation sites excluding steroid dienone is 2. The van der Waals surface area contributed by atoms with Crippen LogP contribution in [0.4, 0.5) is 0 Å². The van der Waals surface area contributed by atoms with Gasteiger partial charge in [-0.25, -0.2) is 4.98 Å². The van der Waals surface area contributed by atoms with Gasteiger partial charge in [0.15, 0.2) is 5.16 Å². The SMILES string of the molecule is COc1c(C)cnc(CSc2nc3cc(OC(=O)C4CC=CCC4)ccc3[nH]2)c1C. The number of pyridine rings is 1. The van der Waals surface area contributed by atoms with Crippen molar-refractivity contribution in [2.24, 2.45) is 5.92 Å². The summed E-state index contributed by atoms with van der Waals surface area (Å²) >= 11 is 1.58. The van der Waals surface area contributed by atoms with Gasteiger partial charge in [0, 0.05) is 29.1 Å². The Morgan fingerprint density at radius 2 is 2.17 bits per heavy atom. The average Bonchev–Trinajstić information content (AvgIpc) is 3.16. The summed E-state index contributed by atoms with van der Waals surface area (Å²) in [6.07, 6.45) is 8.53. The number of aromatic nitrogens is 3. The van der Waals surface area contributed by atoms with Crippen LogP contribution in [0, 0.1) is 19.8 Å². The molecule has 0 amide bonds. The second kappa shape index (κ2) is 8.92. The van der Waals surface area contributed by atoms with Gasteiger partial charge in [0.05, 0.1) is 29.8 Å². The van der Waals surface area contributed by atoms with E-state index in [1.165, 1.54) is 0 Å². The summed E-state index contributed by atoms with van der Waals surface area (Å²) in [4.78, 5) is 24.9. The number of carbonyl (C=O) groups excluding carboxylic acids is 1. The molecule has 1 aliphatic rings. The van der Waals surface area contributed by atoms with Crippen LogP contribution in [0.2, 0.25) is 0 Å². The van der Waals surface area contributed by atoms with E-state index < -0.39 is 0 Å². The molecular weight excluding hydrogens is 398 g/mol. The number of rotatable bonds is 6. The number of hydrogen-bond donors (Lipinski definition) is 1. The molecule has 0 bridgehead atoms. The molecule has 7 heteroatoms. The number of fused-ring (bicyclic) bond motifs is 1. The first kappa shape index (κ1) is 20.5. The summed E-state index contributed by atoms with van der Waals surface area (Å²) in [6.45, 7) is 4.01. The van der Waals surface area contributed by atoms with Gasteiger partial charge in [-0.1, -0.05) is 23.9 Å². The standard InChI is InChI=1S/C23H25N3O3S/c1-14-12-24-20(15(2)21(14)28-3)13-30-23-25-18-10-9-17(11-19(18)26-23)29-22(27)16-7-5-4-6-8-16/h4-5,9-12,16H,6-8,13H2,1-3H3,(H,25,26). The zero-order chi connectivity index (χ0) is 21.1. The molecule has 156 valence electrons. The number of ether oxygens (including phenoxy) is 2. The molecule has 0 spiro atoms. The maximum absolute atomic E-state index is 12.4. The highest BCUT2D eigenvalue weighted by atomic mass is 32.2. The quantitative estimate of drug-likeness (QED) is 0.256. The van der Waals surface area contributed by atoms with Crippen molar-refractivity contribution in [1.29, 1.82) is 0 Å². The molecule has 1 atom stereocenters. The highest BCUT2D eigenvalue weighted by molar-refractivity contribution is 7.98. The summed E-state index contributed by atoms with van der Waals surface area (Å²) < 4.78 is 11.1. The van der Waals surface area contributed by atoms with E-state index in [-0.39, 0.29) is 11.9 Å². The number of methoxy groups -OCH3 is 1. The van der Waals surface area contributed by atoms with Crippen LogP contribution >= 0.6 is 11.8 Å². The molecule has 0 aliphatic heterocycles. The van der Waals surface area contributed by atoms with Crippen LogP contribution in [-0.2, 0) is 10.5 Å². The van der Waals surface area contributed by atoms with Gasteiger partial charge in [-0.3, -0.25) is 9.78 Å². The lowest BCUT2D eigenvalue weighted by atomic mass is 9.95. The number of carbonyl (C=O) groups is 1. The van der Waals surface area contributed by atoms with Gasteiger partial charge in [0.25, 0.3) is 0 Å². The van der Waals surface area contributed by atoms with Crippen LogP contribution < -0.4 is 9.47 Å². The first-order chi connectivity index (χ1) is 14.5. The lowest BCUT2D eigenvalue weighted by molar-refractivity contribution is -0.139. The Bertz CT molecular complexity index is 1110. The molecule has 1 aliphatic carbocycles. The molecule has 1 N–H and O–H groups in total. The molecule has 1 unspecified atom stereocenters. The van der Waals surface area contributed by atoms with Crippen molar-refractivity contribution in [1.82, 2.24) is 15.0 Å². The summed E-state index contributed by atoms with van der Waals surface area (Å²) in [5.41, 5.74) is 4.73. The van der Waals surface area contributed by atoms with E-state index in [1.54, 1.807) is 18.9 Å². The van der Waals surface area contributed by atoms with Crippen molar-refractivity contribution in [3.05, 3.63) is 53.4 Å². The zero-order valence-electron chi connectivity index (χ0n) is 17.4. The lowest BCUT2D eigenvalue weighted by Gasteiger charge is -2.16. The number of hydrogen-bond acceptors (Lipinski definition) is 6. The average molecular weight is 424 g/mol. The predicted molar refractivity (Wildman–Crippen MR) is 118 cm³/mol. The number of nitrogens with one attached hydrogen (secondary N) is 1. The third-order valence-electron chi connectivity index (χ3n) is 5.35. The van der Waals surface area contributed by atoms with E-state index >= 15 is 0 Å². The Morgan fingerprint density at radius 1 is 1.30 bits per heavy atom. The Morgan fingerprint density at radius 3 is 2.93 bits per heavy atom. The molecule has 0 saturated heterocycles. The fourth-order valence-electron chi connectivity index (χ4n) is 3.65. The molecule has 2 aromatic heterocycles. The van der Waals surface area contributed by atoms with Gasteiger partial charge in [-0.15, -0.1) is 0 Å². The first-order valence-corrected chi connectivity index (χ1v) is 11.0. The predicted octanol–water partition coefficient (Wildman–Crippen LogP) is 5.14. The third-order valence-corrected chi connectivity index (χ3v) is 6.23. The fraction of sp³-hybridized carbons (Fsp3) is 0.348. The molecule has 3 aromatic rings. The zero-order valence-corrected chi connectivity index (χ0v) is 18.2. The minimum absolute atomic E-state index is 0.0572. The van der Waals surface area contributed by atoms with Crippen molar-refractivity contribution in [2.75, 3.05) is 7.11 Å². The second-order valence-electron chi connectivity index (χ2n) is 7.46. The maximum Gasteiger partial charge on any atom is 0.314 e. The van der Waals surface area contributed by atoms with Crippen LogP contribution in [0.3, 0.4) is 0 Å². The van der Waals surface area contributed by atoms with Crippen molar-refractivity contribution in [3.63, 3.8) is 0 Å². The van der Waals surface area contributed by atoms with Gasteiger partial charge in [0.1, 0.15) is 11.5 Å². The van der Waals surface area contributed by atoms with E-state index in [0.29, 0.717) is 11.5 Å². The number of benzene rings is 1. The summed E-state index contributed by atoms with van der Waals surface area (Å²) in [5, 5.41) is 0.798. The van der Waals surface area contributed by atoms with E-state index in [9.17, 15) is 4.79 Å². The summed E-state index contributed by atoms with van der Waals surface area (Å²) in [5.74, 6) is 1.87. The molecule has 4 rings (SSSR count). The number of nitrogens with zero attached hydrogens (tertiary/aromatic N) is 2. The van der Waals surface area contributed by atoms with Crippen LogP contribution in [0.5, 0.6) is 11.5 Å². The number of aromatic amines is 1. The Labute approximate surface area is 180 Å². The van der Waals surface area contributed by atoms with Crippen LogP contribution in [0.25, 0.3) is 11.0 Å². The molecule has 1 aromatic carbocycles. The highest BCUT2D eigenvalue weighted by Crippen LogP contribution is 2.30. The normalized spacial score (nSPS) is 16.0. The van der Waals surface area contributed by atoms with Crippen molar-refractivity contribution in [2.45, 2.75) is 44.0 Å². The molecule has 6 nitrogen and oxygen atoms in total. The molecule has 2 heterocycles. The minimum atomic E-state index is -0.168. The van der Waals surface area contributed by atoms with Gasteiger partial charge in [-0.05, 0) is 45.2 Å². The van der Waals surface area contributed by atoms with Crippen molar-refractivity contribution >= 4 is 28.8 Å².